The number of pyridine rings is 1. The van der Waals surface area contributed by atoms with Crippen molar-refractivity contribution in [2.45, 2.75) is 6.42 Å². The number of aromatic nitrogens is 1. The lowest BCUT2D eigenvalue weighted by atomic mass is 10.1. The Balaban J connectivity index is 2.12. The summed E-state index contributed by atoms with van der Waals surface area (Å²) in [5.74, 6) is -1.30. The summed E-state index contributed by atoms with van der Waals surface area (Å²) >= 11 is 2.04. The molecule has 1 aromatic heterocycles. The van der Waals surface area contributed by atoms with Gasteiger partial charge in [0.25, 0.3) is 0 Å². The number of hydrogen-bond acceptors (Lipinski definition) is 4. The number of anilines is 1. The Morgan fingerprint density at radius 3 is 2.78 bits per heavy atom. The molecule has 2 rings (SSSR count). The summed E-state index contributed by atoms with van der Waals surface area (Å²) in [7, 11) is -4.54. The minimum Gasteiger partial charge on any atom is -0.311 e. The maximum atomic E-state index is 12.6. The summed E-state index contributed by atoms with van der Waals surface area (Å²) in [6, 6.07) is 3.49. The lowest BCUT2D eigenvalue weighted by Gasteiger charge is -2.15. The van der Waals surface area contributed by atoms with Crippen molar-refractivity contribution in [2.75, 3.05) is 17.2 Å². The molecule has 1 aromatic rings. The van der Waals surface area contributed by atoms with E-state index in [-0.39, 0.29) is 18.9 Å². The van der Waals surface area contributed by atoms with Crippen molar-refractivity contribution < 1.29 is 17.1 Å². The van der Waals surface area contributed by atoms with Crippen LogP contribution in [0, 0.1) is 9.62 Å². The summed E-state index contributed by atoms with van der Waals surface area (Å²) in [6.07, 6.45) is 1.60. The highest BCUT2D eigenvalue weighted by Gasteiger charge is 2.33. The number of nitrogens with zero attached hydrogens (tertiary/aromatic N) is 2. The Labute approximate surface area is 118 Å². The zero-order chi connectivity index (χ0) is 13.3. The van der Waals surface area contributed by atoms with Gasteiger partial charge in [0, 0.05) is 18.9 Å². The topological polar surface area (TPSA) is 67.3 Å². The summed E-state index contributed by atoms with van der Waals surface area (Å²) in [4.78, 5) is 17.2. The number of amides is 1. The van der Waals surface area contributed by atoms with Gasteiger partial charge in [-0.05, 0) is 34.7 Å². The summed E-state index contributed by atoms with van der Waals surface area (Å²) in [5.41, 5.74) is 0.610. The van der Waals surface area contributed by atoms with Gasteiger partial charge >= 0.3 is 10.2 Å². The van der Waals surface area contributed by atoms with Crippen LogP contribution in [0.2, 0.25) is 0 Å². The van der Waals surface area contributed by atoms with Gasteiger partial charge in [-0.25, -0.2) is 4.98 Å². The van der Waals surface area contributed by atoms with Gasteiger partial charge in [0.15, 0.2) is 0 Å². The third kappa shape index (κ3) is 3.37. The smallest absolute Gasteiger partial charge is 0.302 e. The van der Waals surface area contributed by atoms with Gasteiger partial charge in [-0.3, -0.25) is 4.79 Å². The molecule has 98 valence electrons. The molecular weight excluding hydrogens is 374 g/mol. The van der Waals surface area contributed by atoms with Gasteiger partial charge in [-0.15, -0.1) is 3.89 Å². The second kappa shape index (κ2) is 5.08. The Kier molecular flexibility index (Phi) is 3.85. The molecule has 0 radical (unpaired) electrons. The Bertz CT molecular complexity index is 561. The lowest BCUT2D eigenvalue weighted by Crippen LogP contribution is -2.25. The van der Waals surface area contributed by atoms with Gasteiger partial charge in [0.2, 0.25) is 5.91 Å². The molecular formula is C10H10FIN2O3S. The van der Waals surface area contributed by atoms with E-state index in [0.29, 0.717) is 5.69 Å². The first-order chi connectivity index (χ1) is 8.35. The van der Waals surface area contributed by atoms with Crippen LogP contribution in [0.25, 0.3) is 0 Å². The van der Waals surface area contributed by atoms with E-state index < -0.39 is 21.9 Å². The van der Waals surface area contributed by atoms with Crippen LogP contribution >= 0.6 is 22.6 Å². The average Bonchev–Trinajstić information content (AvgIpc) is 2.58. The fourth-order valence-corrected chi connectivity index (χ4v) is 3.06. The summed E-state index contributed by atoms with van der Waals surface area (Å²) < 4.78 is 34.5. The van der Waals surface area contributed by atoms with Crippen molar-refractivity contribution in [1.82, 2.24) is 4.98 Å². The molecule has 0 aliphatic carbocycles. The number of rotatable bonds is 3. The summed E-state index contributed by atoms with van der Waals surface area (Å²) in [6.45, 7) is 0.213. The zero-order valence-electron chi connectivity index (χ0n) is 9.21. The second-order valence-electron chi connectivity index (χ2n) is 4.12. The number of carbonyl (C=O) groups excluding carboxylic acids is 1. The standard InChI is InChI=1S/C10H10FIN2O3S/c11-18(16,17)6-7-3-10(15)14(5-7)8-1-2-9(12)13-4-8/h1-2,4,7H,3,5-6H2. The minimum atomic E-state index is -4.54. The van der Waals surface area contributed by atoms with Crippen molar-refractivity contribution in [2.24, 2.45) is 5.92 Å². The van der Waals surface area contributed by atoms with Gasteiger partial charge in [-0.2, -0.15) is 8.42 Å². The second-order valence-corrected chi connectivity index (χ2v) is 6.64. The van der Waals surface area contributed by atoms with E-state index in [9.17, 15) is 17.1 Å². The van der Waals surface area contributed by atoms with E-state index >= 15 is 0 Å². The number of halogens is 2. The minimum absolute atomic E-state index is 0.0507. The number of carbonyl (C=O) groups is 1. The van der Waals surface area contributed by atoms with Crippen molar-refractivity contribution in [3.63, 3.8) is 0 Å². The molecule has 2 heterocycles. The van der Waals surface area contributed by atoms with Crippen LogP contribution in [0.3, 0.4) is 0 Å². The molecule has 1 fully saturated rings. The summed E-state index contributed by atoms with van der Waals surface area (Å²) in [5, 5.41) is 0. The van der Waals surface area contributed by atoms with Crippen LogP contribution in [0.4, 0.5) is 9.57 Å². The average molecular weight is 384 g/mol. The van der Waals surface area contributed by atoms with Gasteiger partial charge in [-0.1, -0.05) is 0 Å². The van der Waals surface area contributed by atoms with Crippen molar-refractivity contribution in [3.05, 3.63) is 22.0 Å². The van der Waals surface area contributed by atoms with Gasteiger partial charge in [0.1, 0.15) is 3.70 Å². The first kappa shape index (κ1) is 13.7. The van der Waals surface area contributed by atoms with Crippen molar-refractivity contribution in [3.8, 4) is 0 Å². The number of hydrogen-bond donors (Lipinski definition) is 0. The molecule has 8 heteroatoms. The molecule has 1 saturated heterocycles. The third-order valence-electron chi connectivity index (χ3n) is 2.66. The normalized spacial score (nSPS) is 20.4. The monoisotopic (exact) mass is 384 g/mol. The van der Waals surface area contributed by atoms with Crippen LogP contribution in [0.1, 0.15) is 6.42 Å². The molecule has 1 aliphatic heterocycles. The van der Waals surface area contributed by atoms with E-state index in [1.807, 2.05) is 22.6 Å². The molecule has 0 N–H and O–H groups in total. The molecule has 1 aliphatic rings. The van der Waals surface area contributed by atoms with E-state index in [4.69, 9.17) is 0 Å². The van der Waals surface area contributed by atoms with Crippen LogP contribution in [0.5, 0.6) is 0 Å². The molecule has 1 amide bonds. The van der Waals surface area contributed by atoms with Gasteiger partial charge < -0.3 is 4.90 Å². The van der Waals surface area contributed by atoms with E-state index in [2.05, 4.69) is 4.98 Å². The van der Waals surface area contributed by atoms with Gasteiger partial charge in [0.05, 0.1) is 17.6 Å². The Hall–Kier alpha value is -0.770. The lowest BCUT2D eigenvalue weighted by molar-refractivity contribution is -0.117. The molecule has 5 nitrogen and oxygen atoms in total. The molecule has 18 heavy (non-hydrogen) atoms. The zero-order valence-corrected chi connectivity index (χ0v) is 12.2. The van der Waals surface area contributed by atoms with Crippen molar-refractivity contribution in [1.29, 1.82) is 0 Å². The maximum Gasteiger partial charge on any atom is 0.302 e. The molecule has 0 spiro atoms. The first-order valence-corrected chi connectivity index (χ1v) is 7.82. The molecule has 0 saturated carbocycles. The Morgan fingerprint density at radius 1 is 1.50 bits per heavy atom. The highest BCUT2D eigenvalue weighted by molar-refractivity contribution is 14.1. The van der Waals surface area contributed by atoms with E-state index in [1.165, 1.54) is 4.90 Å². The molecule has 1 atom stereocenters. The molecule has 0 bridgehead atoms. The van der Waals surface area contributed by atoms with E-state index in [0.717, 1.165) is 3.70 Å². The van der Waals surface area contributed by atoms with Crippen LogP contribution < -0.4 is 4.90 Å². The highest BCUT2D eigenvalue weighted by atomic mass is 127. The predicted octanol–water partition coefficient (Wildman–Crippen LogP) is 1.34. The largest absolute Gasteiger partial charge is 0.311 e. The predicted molar refractivity (Wildman–Crippen MR) is 72.3 cm³/mol. The third-order valence-corrected chi connectivity index (χ3v) is 4.17. The van der Waals surface area contributed by atoms with Crippen LogP contribution in [-0.4, -0.2) is 31.6 Å². The van der Waals surface area contributed by atoms with Crippen molar-refractivity contribution >= 4 is 44.4 Å². The van der Waals surface area contributed by atoms with Crippen LogP contribution in [0.15, 0.2) is 18.3 Å². The highest BCUT2D eigenvalue weighted by Crippen LogP contribution is 2.25. The SMILES string of the molecule is O=C1CC(CS(=O)(=O)F)CN1c1ccc(I)nc1. The fourth-order valence-electron chi connectivity index (χ4n) is 1.95. The molecule has 0 aromatic carbocycles. The molecule has 1 unspecified atom stereocenters. The first-order valence-electron chi connectivity index (χ1n) is 5.19. The maximum absolute atomic E-state index is 12.6. The van der Waals surface area contributed by atoms with E-state index in [1.54, 1.807) is 18.3 Å². The van der Waals surface area contributed by atoms with Crippen LogP contribution in [-0.2, 0) is 15.0 Å². The Morgan fingerprint density at radius 2 is 2.22 bits per heavy atom. The fraction of sp³-hybridized carbons (Fsp3) is 0.400. The quantitative estimate of drug-likeness (QED) is 0.448.